The molecule has 66 valence electrons. The highest BCUT2D eigenvalue weighted by atomic mass is 15.0. The Kier molecular flexibility index (Phi) is 3.19. The highest BCUT2D eigenvalue weighted by Gasteiger charge is 2.00. The summed E-state index contributed by atoms with van der Waals surface area (Å²) in [7, 11) is 4.07. The van der Waals surface area contributed by atoms with E-state index in [1.807, 2.05) is 26.4 Å². The van der Waals surface area contributed by atoms with Crippen LogP contribution in [0.25, 0.3) is 0 Å². The maximum absolute atomic E-state index is 5.58. The molecule has 0 radical (unpaired) electrons. The summed E-state index contributed by atoms with van der Waals surface area (Å²) < 4.78 is 0. The molecule has 0 aliphatic heterocycles. The van der Waals surface area contributed by atoms with E-state index < -0.39 is 0 Å². The van der Waals surface area contributed by atoms with Gasteiger partial charge in [0.1, 0.15) is 0 Å². The van der Waals surface area contributed by atoms with Gasteiger partial charge in [0.2, 0.25) is 0 Å². The SMILES string of the molecule is CN(C)Cc1cnccc1CN. The van der Waals surface area contributed by atoms with Crippen molar-refractivity contribution in [2.24, 2.45) is 5.73 Å². The van der Waals surface area contributed by atoms with Crippen molar-refractivity contribution in [2.45, 2.75) is 13.1 Å². The topological polar surface area (TPSA) is 42.2 Å². The van der Waals surface area contributed by atoms with Crippen molar-refractivity contribution < 1.29 is 0 Å². The molecule has 1 aromatic rings. The predicted octanol–water partition coefficient (Wildman–Crippen LogP) is 0.602. The third kappa shape index (κ3) is 2.29. The molecule has 0 spiro atoms. The van der Waals surface area contributed by atoms with Gasteiger partial charge in [0, 0.05) is 25.5 Å². The maximum Gasteiger partial charge on any atom is 0.0316 e. The van der Waals surface area contributed by atoms with E-state index in [0.29, 0.717) is 6.54 Å². The molecule has 0 saturated heterocycles. The Balaban J connectivity index is 2.82. The number of nitrogens with zero attached hydrogens (tertiary/aromatic N) is 2. The van der Waals surface area contributed by atoms with Gasteiger partial charge in [0.15, 0.2) is 0 Å². The van der Waals surface area contributed by atoms with Crippen LogP contribution in [-0.2, 0) is 13.1 Å². The summed E-state index contributed by atoms with van der Waals surface area (Å²) in [5.41, 5.74) is 7.97. The zero-order valence-corrected chi connectivity index (χ0v) is 7.62. The van der Waals surface area contributed by atoms with E-state index in [-0.39, 0.29) is 0 Å². The van der Waals surface area contributed by atoms with Crippen molar-refractivity contribution in [1.82, 2.24) is 9.88 Å². The second-order valence-electron chi connectivity index (χ2n) is 3.09. The lowest BCUT2D eigenvalue weighted by atomic mass is 10.1. The summed E-state index contributed by atoms with van der Waals surface area (Å²) in [5, 5.41) is 0. The van der Waals surface area contributed by atoms with E-state index in [1.165, 1.54) is 11.1 Å². The maximum atomic E-state index is 5.58. The molecule has 0 aliphatic carbocycles. The van der Waals surface area contributed by atoms with E-state index in [1.54, 1.807) is 6.20 Å². The first-order valence-electron chi connectivity index (χ1n) is 4.00. The van der Waals surface area contributed by atoms with Gasteiger partial charge in [-0.05, 0) is 31.3 Å². The third-order valence-electron chi connectivity index (χ3n) is 1.71. The Labute approximate surface area is 73.2 Å². The van der Waals surface area contributed by atoms with Crippen LogP contribution < -0.4 is 5.73 Å². The van der Waals surface area contributed by atoms with Crippen molar-refractivity contribution >= 4 is 0 Å². The zero-order valence-electron chi connectivity index (χ0n) is 7.62. The van der Waals surface area contributed by atoms with Crippen molar-refractivity contribution in [3.8, 4) is 0 Å². The van der Waals surface area contributed by atoms with Crippen LogP contribution >= 0.6 is 0 Å². The number of hydrogen-bond donors (Lipinski definition) is 1. The molecule has 2 N–H and O–H groups in total. The van der Waals surface area contributed by atoms with Gasteiger partial charge in [-0.1, -0.05) is 0 Å². The monoisotopic (exact) mass is 165 g/mol. The molecule has 1 rings (SSSR count). The van der Waals surface area contributed by atoms with E-state index >= 15 is 0 Å². The van der Waals surface area contributed by atoms with E-state index in [4.69, 9.17) is 5.73 Å². The minimum Gasteiger partial charge on any atom is -0.326 e. The van der Waals surface area contributed by atoms with Crippen molar-refractivity contribution in [1.29, 1.82) is 0 Å². The summed E-state index contributed by atoms with van der Waals surface area (Å²) in [6.07, 6.45) is 3.66. The molecule has 0 amide bonds. The molecule has 12 heavy (non-hydrogen) atoms. The van der Waals surface area contributed by atoms with Gasteiger partial charge in [-0.2, -0.15) is 0 Å². The van der Waals surface area contributed by atoms with Crippen LogP contribution in [0.15, 0.2) is 18.5 Å². The number of aromatic nitrogens is 1. The molecule has 3 heteroatoms. The van der Waals surface area contributed by atoms with Gasteiger partial charge in [-0.25, -0.2) is 0 Å². The Morgan fingerprint density at radius 3 is 2.75 bits per heavy atom. The average molecular weight is 165 g/mol. The van der Waals surface area contributed by atoms with Crippen molar-refractivity contribution in [3.05, 3.63) is 29.6 Å². The molecule has 0 unspecified atom stereocenters. The smallest absolute Gasteiger partial charge is 0.0316 e. The Morgan fingerprint density at radius 2 is 2.17 bits per heavy atom. The highest BCUT2D eigenvalue weighted by molar-refractivity contribution is 5.22. The lowest BCUT2D eigenvalue weighted by molar-refractivity contribution is 0.400. The lowest BCUT2D eigenvalue weighted by Crippen LogP contribution is -2.13. The zero-order chi connectivity index (χ0) is 8.97. The first kappa shape index (κ1) is 9.16. The first-order valence-corrected chi connectivity index (χ1v) is 4.00. The summed E-state index contributed by atoms with van der Waals surface area (Å²) in [5.74, 6) is 0. The van der Waals surface area contributed by atoms with Crippen LogP contribution in [0.2, 0.25) is 0 Å². The predicted molar refractivity (Wildman–Crippen MR) is 49.5 cm³/mol. The average Bonchev–Trinajstić information content (AvgIpc) is 2.04. The molecular formula is C9H15N3. The second kappa shape index (κ2) is 4.18. The van der Waals surface area contributed by atoms with E-state index in [9.17, 15) is 0 Å². The molecule has 0 aromatic carbocycles. The fraction of sp³-hybridized carbons (Fsp3) is 0.444. The molecule has 0 aliphatic rings. The molecular weight excluding hydrogens is 150 g/mol. The normalized spacial score (nSPS) is 10.7. The van der Waals surface area contributed by atoms with Gasteiger partial charge in [0.05, 0.1) is 0 Å². The summed E-state index contributed by atoms with van der Waals surface area (Å²) >= 11 is 0. The Morgan fingerprint density at radius 1 is 1.42 bits per heavy atom. The third-order valence-corrected chi connectivity index (χ3v) is 1.71. The quantitative estimate of drug-likeness (QED) is 0.713. The molecule has 0 saturated carbocycles. The number of hydrogen-bond acceptors (Lipinski definition) is 3. The van der Waals surface area contributed by atoms with Gasteiger partial charge in [0.25, 0.3) is 0 Å². The van der Waals surface area contributed by atoms with Gasteiger partial charge in [-0.3, -0.25) is 4.98 Å². The van der Waals surface area contributed by atoms with Gasteiger partial charge in [-0.15, -0.1) is 0 Å². The van der Waals surface area contributed by atoms with Crippen LogP contribution in [-0.4, -0.2) is 24.0 Å². The minimum absolute atomic E-state index is 0.589. The standard InChI is InChI=1S/C9H15N3/c1-12(2)7-9-6-11-4-3-8(9)5-10/h3-4,6H,5,7,10H2,1-2H3. The van der Waals surface area contributed by atoms with Crippen LogP contribution in [0.3, 0.4) is 0 Å². The van der Waals surface area contributed by atoms with Gasteiger partial charge >= 0.3 is 0 Å². The summed E-state index contributed by atoms with van der Waals surface area (Å²) in [6, 6.07) is 1.97. The second-order valence-corrected chi connectivity index (χ2v) is 3.09. The van der Waals surface area contributed by atoms with Crippen LogP contribution in [0.4, 0.5) is 0 Å². The highest BCUT2D eigenvalue weighted by Crippen LogP contribution is 2.07. The number of pyridine rings is 1. The fourth-order valence-electron chi connectivity index (χ4n) is 1.14. The van der Waals surface area contributed by atoms with E-state index in [0.717, 1.165) is 6.54 Å². The summed E-state index contributed by atoms with van der Waals surface area (Å²) in [6.45, 7) is 1.49. The number of rotatable bonds is 3. The van der Waals surface area contributed by atoms with Crippen LogP contribution in [0.5, 0.6) is 0 Å². The molecule has 0 atom stereocenters. The molecule has 0 bridgehead atoms. The van der Waals surface area contributed by atoms with Gasteiger partial charge < -0.3 is 10.6 Å². The molecule has 3 nitrogen and oxygen atoms in total. The lowest BCUT2D eigenvalue weighted by Gasteiger charge is -2.11. The fourth-order valence-corrected chi connectivity index (χ4v) is 1.14. The molecule has 1 aromatic heterocycles. The Bertz CT molecular complexity index is 245. The minimum atomic E-state index is 0.589. The summed E-state index contributed by atoms with van der Waals surface area (Å²) in [4.78, 5) is 6.17. The van der Waals surface area contributed by atoms with E-state index in [2.05, 4.69) is 9.88 Å². The Hall–Kier alpha value is -0.930. The largest absolute Gasteiger partial charge is 0.326 e. The van der Waals surface area contributed by atoms with Crippen LogP contribution in [0, 0.1) is 0 Å². The molecule has 1 heterocycles. The van der Waals surface area contributed by atoms with Crippen molar-refractivity contribution in [2.75, 3.05) is 14.1 Å². The van der Waals surface area contributed by atoms with Crippen molar-refractivity contribution in [3.63, 3.8) is 0 Å². The van der Waals surface area contributed by atoms with Crippen LogP contribution in [0.1, 0.15) is 11.1 Å². The first-order chi connectivity index (χ1) is 5.74. The molecule has 0 fully saturated rings. The number of nitrogens with two attached hydrogens (primary N) is 1.